The van der Waals surface area contributed by atoms with Crippen molar-refractivity contribution in [3.8, 4) is 0 Å². The molecule has 0 radical (unpaired) electrons. The van der Waals surface area contributed by atoms with Crippen molar-refractivity contribution in [3.63, 3.8) is 0 Å². The smallest absolute Gasteiger partial charge is 0.352 e. The lowest BCUT2D eigenvalue weighted by molar-refractivity contribution is -0.122. The molecule has 0 spiro atoms. The maximum atomic E-state index is 12.2. The SMILES string of the molecule is CC(C)C(C)NC(=O)Cn1ccc(C(=O)C(F)(F)F)c1. The maximum absolute atomic E-state index is 12.2. The third-order valence-corrected chi connectivity index (χ3v) is 2.98. The predicted octanol–water partition coefficient (Wildman–Crippen LogP) is 2.39. The molecule has 0 saturated carbocycles. The molecule has 0 aliphatic heterocycles. The lowest BCUT2D eigenvalue weighted by Gasteiger charge is -2.17. The molecule has 1 unspecified atom stereocenters. The number of Topliss-reactive ketones (excluding diaryl/α,β-unsaturated/α-hetero) is 1. The third-order valence-electron chi connectivity index (χ3n) is 2.98. The van der Waals surface area contributed by atoms with Crippen LogP contribution >= 0.6 is 0 Å². The molecule has 0 bridgehead atoms. The van der Waals surface area contributed by atoms with Gasteiger partial charge in [0.2, 0.25) is 5.91 Å². The Morgan fingerprint density at radius 2 is 1.90 bits per heavy atom. The van der Waals surface area contributed by atoms with Crippen molar-refractivity contribution in [1.82, 2.24) is 9.88 Å². The monoisotopic (exact) mass is 290 g/mol. The van der Waals surface area contributed by atoms with Crippen LogP contribution in [0, 0.1) is 5.92 Å². The fraction of sp³-hybridized carbons (Fsp3) is 0.538. The topological polar surface area (TPSA) is 51.1 Å². The Balaban J connectivity index is 2.65. The molecule has 1 atom stereocenters. The Hall–Kier alpha value is -1.79. The average Bonchev–Trinajstić information content (AvgIpc) is 2.74. The second kappa shape index (κ2) is 6.11. The highest BCUT2D eigenvalue weighted by Gasteiger charge is 2.39. The summed E-state index contributed by atoms with van der Waals surface area (Å²) in [4.78, 5) is 22.7. The van der Waals surface area contributed by atoms with Crippen molar-refractivity contribution in [1.29, 1.82) is 0 Å². The van der Waals surface area contributed by atoms with Crippen LogP contribution in [-0.2, 0) is 11.3 Å². The Bertz CT molecular complexity index is 492. The van der Waals surface area contributed by atoms with Gasteiger partial charge in [0.05, 0.1) is 0 Å². The molecule has 0 fully saturated rings. The maximum Gasteiger partial charge on any atom is 0.454 e. The number of hydrogen-bond acceptors (Lipinski definition) is 2. The van der Waals surface area contributed by atoms with Gasteiger partial charge in [0.25, 0.3) is 5.78 Å². The zero-order chi connectivity index (χ0) is 15.5. The van der Waals surface area contributed by atoms with Crippen LogP contribution in [0.1, 0.15) is 31.1 Å². The van der Waals surface area contributed by atoms with Crippen LogP contribution < -0.4 is 5.32 Å². The summed E-state index contributed by atoms with van der Waals surface area (Å²) in [5.41, 5.74) is -0.470. The van der Waals surface area contributed by atoms with Gasteiger partial charge in [0.1, 0.15) is 6.54 Å². The minimum Gasteiger partial charge on any atom is -0.352 e. The van der Waals surface area contributed by atoms with Gasteiger partial charge in [-0.25, -0.2) is 0 Å². The summed E-state index contributed by atoms with van der Waals surface area (Å²) >= 11 is 0. The lowest BCUT2D eigenvalue weighted by atomic mass is 10.1. The zero-order valence-electron chi connectivity index (χ0n) is 11.5. The normalized spacial score (nSPS) is 13.3. The molecule has 0 aliphatic carbocycles. The first kappa shape index (κ1) is 16.3. The van der Waals surface area contributed by atoms with E-state index in [9.17, 15) is 22.8 Å². The summed E-state index contributed by atoms with van der Waals surface area (Å²) in [5, 5.41) is 2.73. The van der Waals surface area contributed by atoms with Gasteiger partial charge in [-0.1, -0.05) is 13.8 Å². The fourth-order valence-electron chi connectivity index (χ4n) is 1.47. The summed E-state index contributed by atoms with van der Waals surface area (Å²) in [6, 6.07) is 1.02. The Labute approximate surface area is 115 Å². The first-order chi connectivity index (χ1) is 9.11. The van der Waals surface area contributed by atoms with Crippen LogP contribution in [0.4, 0.5) is 13.2 Å². The number of carbonyl (C=O) groups is 2. The number of nitrogens with one attached hydrogen (secondary N) is 1. The van der Waals surface area contributed by atoms with Gasteiger partial charge in [-0.2, -0.15) is 13.2 Å². The van der Waals surface area contributed by atoms with Crippen LogP contribution in [-0.4, -0.2) is 28.5 Å². The lowest BCUT2D eigenvalue weighted by Crippen LogP contribution is -2.37. The molecule has 7 heteroatoms. The molecule has 0 saturated heterocycles. The molecule has 1 aromatic rings. The van der Waals surface area contributed by atoms with Crippen molar-refractivity contribution < 1.29 is 22.8 Å². The van der Waals surface area contributed by atoms with E-state index in [-0.39, 0.29) is 24.4 Å². The molecule has 112 valence electrons. The largest absolute Gasteiger partial charge is 0.454 e. The number of hydrogen-bond donors (Lipinski definition) is 1. The molecule has 0 aromatic carbocycles. The van der Waals surface area contributed by atoms with E-state index in [0.29, 0.717) is 0 Å². The summed E-state index contributed by atoms with van der Waals surface area (Å²) < 4.78 is 37.9. The Morgan fingerprint density at radius 1 is 1.30 bits per heavy atom. The fourth-order valence-corrected chi connectivity index (χ4v) is 1.47. The number of ketones is 1. The molecular weight excluding hydrogens is 273 g/mol. The molecule has 4 nitrogen and oxygen atoms in total. The molecule has 1 rings (SSSR count). The van der Waals surface area contributed by atoms with Crippen molar-refractivity contribution in [2.45, 2.75) is 39.5 Å². The van der Waals surface area contributed by atoms with Gasteiger partial charge in [-0.3, -0.25) is 9.59 Å². The summed E-state index contributed by atoms with van der Waals surface area (Å²) in [5.74, 6) is -1.97. The third kappa shape index (κ3) is 4.40. The number of amides is 1. The van der Waals surface area contributed by atoms with Crippen LogP contribution in [0.25, 0.3) is 0 Å². The van der Waals surface area contributed by atoms with Gasteiger partial charge in [0.15, 0.2) is 0 Å². The Morgan fingerprint density at radius 3 is 2.40 bits per heavy atom. The quantitative estimate of drug-likeness (QED) is 0.847. The highest BCUT2D eigenvalue weighted by atomic mass is 19.4. The minimum atomic E-state index is -4.90. The summed E-state index contributed by atoms with van der Waals surface area (Å²) in [7, 11) is 0. The molecule has 20 heavy (non-hydrogen) atoms. The highest BCUT2D eigenvalue weighted by molar-refractivity contribution is 6.00. The zero-order valence-corrected chi connectivity index (χ0v) is 11.5. The van der Waals surface area contributed by atoms with E-state index >= 15 is 0 Å². The average molecular weight is 290 g/mol. The highest BCUT2D eigenvalue weighted by Crippen LogP contribution is 2.21. The minimum absolute atomic E-state index is 0.0330. The summed E-state index contributed by atoms with van der Waals surface area (Å²) in [6.45, 7) is 5.61. The van der Waals surface area contributed by atoms with Crippen LogP contribution in [0.2, 0.25) is 0 Å². The van der Waals surface area contributed by atoms with Gasteiger partial charge >= 0.3 is 6.18 Å². The molecule has 0 aliphatic rings. The number of halogens is 3. The first-order valence-corrected chi connectivity index (χ1v) is 6.18. The molecule has 1 amide bonds. The number of nitrogens with zero attached hydrogens (tertiary/aromatic N) is 1. The van der Waals surface area contributed by atoms with Gasteiger partial charge in [-0.15, -0.1) is 0 Å². The summed E-state index contributed by atoms with van der Waals surface area (Å²) in [6.07, 6.45) is -2.60. The van der Waals surface area contributed by atoms with E-state index in [1.807, 2.05) is 20.8 Å². The van der Waals surface area contributed by atoms with E-state index in [4.69, 9.17) is 0 Å². The van der Waals surface area contributed by atoms with Gasteiger partial charge in [0, 0.05) is 24.0 Å². The van der Waals surface area contributed by atoms with E-state index in [0.717, 1.165) is 12.3 Å². The first-order valence-electron chi connectivity index (χ1n) is 6.18. The molecule has 1 heterocycles. The second-order valence-electron chi connectivity index (χ2n) is 5.00. The van der Waals surface area contributed by atoms with Crippen molar-refractivity contribution >= 4 is 11.7 Å². The van der Waals surface area contributed by atoms with Crippen molar-refractivity contribution in [3.05, 3.63) is 24.0 Å². The van der Waals surface area contributed by atoms with Crippen LogP contribution in [0.15, 0.2) is 18.5 Å². The van der Waals surface area contributed by atoms with Gasteiger partial charge in [-0.05, 0) is 18.9 Å². The number of aromatic nitrogens is 1. The van der Waals surface area contributed by atoms with Crippen LogP contribution in [0.3, 0.4) is 0 Å². The van der Waals surface area contributed by atoms with Crippen molar-refractivity contribution in [2.24, 2.45) is 5.92 Å². The van der Waals surface area contributed by atoms with E-state index in [1.54, 1.807) is 0 Å². The standard InChI is InChI=1S/C13H17F3N2O2/c1-8(2)9(3)17-11(19)7-18-5-4-10(6-18)12(20)13(14,15)16/h4-6,8-9H,7H2,1-3H3,(H,17,19). The van der Waals surface area contributed by atoms with E-state index in [2.05, 4.69) is 5.32 Å². The Kier molecular flexibility index (Phi) is 4.97. The number of carbonyl (C=O) groups excluding carboxylic acids is 2. The van der Waals surface area contributed by atoms with E-state index < -0.39 is 17.5 Å². The molecular formula is C13H17F3N2O2. The number of alkyl halides is 3. The molecule has 1 N–H and O–H groups in total. The van der Waals surface area contributed by atoms with Gasteiger partial charge < -0.3 is 9.88 Å². The molecule has 1 aromatic heterocycles. The van der Waals surface area contributed by atoms with Crippen molar-refractivity contribution in [2.75, 3.05) is 0 Å². The van der Waals surface area contributed by atoms with E-state index in [1.165, 1.54) is 10.8 Å². The van der Waals surface area contributed by atoms with Crippen LogP contribution in [0.5, 0.6) is 0 Å². The number of rotatable bonds is 5. The predicted molar refractivity (Wildman–Crippen MR) is 67.3 cm³/mol. The second-order valence-corrected chi connectivity index (χ2v) is 5.00.